The number of carbonyl (C=O) groups excluding carboxylic acids is 6. The Morgan fingerprint density at radius 1 is 0.517 bits per heavy atom. The van der Waals surface area contributed by atoms with Gasteiger partial charge in [0.05, 0.1) is 73.1 Å². The lowest BCUT2D eigenvalue weighted by Gasteiger charge is -2.26. The zero-order valence-corrected chi connectivity index (χ0v) is 50.6. The summed E-state index contributed by atoms with van der Waals surface area (Å²) in [5.74, 6) is -0.873. The van der Waals surface area contributed by atoms with Gasteiger partial charge in [-0.1, -0.05) is 54.8 Å². The van der Waals surface area contributed by atoms with Crippen LogP contribution >= 0.6 is 23.1 Å². The maximum atomic E-state index is 14.0. The second-order valence-corrected chi connectivity index (χ2v) is 23.4. The second kappa shape index (κ2) is 34.8. The van der Waals surface area contributed by atoms with Crippen molar-refractivity contribution in [1.82, 2.24) is 4.98 Å². The van der Waals surface area contributed by atoms with E-state index in [0.717, 1.165) is 78.6 Å². The fourth-order valence-corrected chi connectivity index (χ4v) is 11.7. The zero-order valence-electron chi connectivity index (χ0n) is 48.9. The molecule has 0 N–H and O–H groups in total. The summed E-state index contributed by atoms with van der Waals surface area (Å²) >= 11 is 3.20. The lowest BCUT2D eigenvalue weighted by atomic mass is 9.82. The van der Waals surface area contributed by atoms with Gasteiger partial charge >= 0.3 is 35.8 Å². The Morgan fingerprint density at radius 3 is 1.45 bits per heavy atom. The number of benzene rings is 5. The molecule has 6 aromatic rings. The predicted octanol–water partition coefficient (Wildman–Crippen LogP) is 13.9. The van der Waals surface area contributed by atoms with Gasteiger partial charge in [0.15, 0.2) is 0 Å². The highest BCUT2D eigenvalue weighted by molar-refractivity contribution is 7.99. The van der Waals surface area contributed by atoms with Crippen LogP contribution in [0.5, 0.6) is 34.5 Å². The van der Waals surface area contributed by atoms with Crippen LogP contribution in [0.1, 0.15) is 108 Å². The van der Waals surface area contributed by atoms with Crippen molar-refractivity contribution in [2.45, 2.75) is 108 Å². The molecule has 0 atom stereocenters. The minimum absolute atomic E-state index is 0.222. The molecule has 2 saturated carbocycles. The highest BCUT2D eigenvalue weighted by Crippen LogP contribution is 2.36. The van der Waals surface area contributed by atoms with Crippen LogP contribution in [0.3, 0.4) is 0 Å². The van der Waals surface area contributed by atoms with E-state index < -0.39 is 41.6 Å². The van der Waals surface area contributed by atoms with Crippen molar-refractivity contribution in [3.63, 3.8) is 0 Å². The largest absolute Gasteiger partial charge is 0.494 e. The average molecular weight is 1220 g/mol. The van der Waals surface area contributed by atoms with E-state index in [9.17, 15) is 28.8 Å². The number of thioether (sulfide) groups is 1. The van der Waals surface area contributed by atoms with Gasteiger partial charge in [0.2, 0.25) is 5.13 Å². The van der Waals surface area contributed by atoms with Gasteiger partial charge in [0.25, 0.3) is 0 Å². The Balaban J connectivity index is 0.849. The molecule has 458 valence electrons. The van der Waals surface area contributed by atoms with Gasteiger partial charge in [0, 0.05) is 28.4 Å². The van der Waals surface area contributed by atoms with Crippen LogP contribution < -0.4 is 33.4 Å². The normalized spacial score (nSPS) is 16.5. The summed E-state index contributed by atoms with van der Waals surface area (Å²) in [5.41, 5.74) is 1.24. The summed E-state index contributed by atoms with van der Waals surface area (Å²) in [6, 6.07) is 36.7. The number of hydrazone groups is 1. The number of nitrogens with zero attached hydrogens (tertiary/aromatic N) is 3. The van der Waals surface area contributed by atoms with Crippen LogP contribution in [0.4, 0.5) is 5.13 Å². The van der Waals surface area contributed by atoms with Gasteiger partial charge in [-0.25, -0.2) is 19.6 Å². The molecule has 17 nitrogen and oxygen atoms in total. The van der Waals surface area contributed by atoms with Crippen molar-refractivity contribution >= 4 is 80.5 Å². The number of hydrogen-bond donors (Lipinski definition) is 0. The van der Waals surface area contributed by atoms with Crippen LogP contribution in [-0.2, 0) is 38.2 Å². The number of para-hydroxylation sites is 1. The third-order valence-electron chi connectivity index (χ3n) is 14.9. The molecular weight excluding hydrogens is 1150 g/mol. The van der Waals surface area contributed by atoms with E-state index in [-0.39, 0.29) is 29.4 Å². The molecule has 0 bridgehead atoms. The van der Waals surface area contributed by atoms with Crippen LogP contribution in [0.25, 0.3) is 10.2 Å². The summed E-state index contributed by atoms with van der Waals surface area (Å²) in [5, 5.41) is 7.45. The molecule has 2 aliphatic carbocycles. The standard InChI is InChI=1S/C68H75N3O14S2/c1-3-62(72)80-43-16-7-5-14-41-78-53-30-34-55(35-31-53)82-64(74)48-22-24-50(25-23-48)66(76)84-57-38-39-60(52(46-57)47-69-71(40-45-86-58-18-10-9-11-19-58)68-70-59-20-12-13-21-61(59)87-68)85-67(77)51-28-26-49(27-29-51)65(75)83-56-36-32-54(33-37-56)79-42-15-6-8-17-44-81-63(73)4-2/h3-4,9-13,18-21,30-39,46-51H,1-2,5-8,14-17,22-29,40-45H2/b69-47+/t48-,49-,50-,51-. The highest BCUT2D eigenvalue weighted by atomic mass is 32.2. The van der Waals surface area contributed by atoms with Crippen molar-refractivity contribution in [2.75, 3.05) is 43.7 Å². The molecule has 0 amide bonds. The van der Waals surface area contributed by atoms with Crippen molar-refractivity contribution in [3.8, 4) is 34.5 Å². The number of aromatic nitrogens is 1. The Morgan fingerprint density at radius 2 is 0.954 bits per heavy atom. The third kappa shape index (κ3) is 21.3. The van der Waals surface area contributed by atoms with Gasteiger partial charge in [0.1, 0.15) is 34.5 Å². The smallest absolute Gasteiger partial charge is 0.330 e. The van der Waals surface area contributed by atoms with Crippen molar-refractivity contribution in [1.29, 1.82) is 0 Å². The fraction of sp³-hybridized carbons (Fsp3) is 0.382. The third-order valence-corrected chi connectivity index (χ3v) is 16.9. The van der Waals surface area contributed by atoms with E-state index >= 15 is 0 Å². The van der Waals surface area contributed by atoms with Gasteiger partial charge in [-0.3, -0.25) is 19.2 Å². The Bertz CT molecular complexity index is 3210. The van der Waals surface area contributed by atoms with Gasteiger partial charge in [-0.05, 0) is 194 Å². The lowest BCUT2D eigenvalue weighted by molar-refractivity contribution is -0.145. The number of thiazole rings is 1. The maximum Gasteiger partial charge on any atom is 0.330 e. The number of hydrogen-bond acceptors (Lipinski definition) is 19. The number of unbranched alkanes of at least 4 members (excludes halogenated alkanes) is 6. The monoisotopic (exact) mass is 1220 g/mol. The van der Waals surface area contributed by atoms with E-state index in [1.54, 1.807) is 84.7 Å². The average Bonchev–Trinajstić information content (AvgIpc) is 3.61. The van der Waals surface area contributed by atoms with Gasteiger partial charge in [-0.2, -0.15) is 5.10 Å². The molecule has 8 rings (SSSR count). The molecule has 1 aromatic heterocycles. The Hall–Kier alpha value is -8.29. The van der Waals surface area contributed by atoms with E-state index in [1.165, 1.54) is 11.3 Å². The van der Waals surface area contributed by atoms with Crippen molar-refractivity contribution in [2.24, 2.45) is 28.8 Å². The van der Waals surface area contributed by atoms with Crippen molar-refractivity contribution in [3.05, 3.63) is 152 Å². The number of fused-ring (bicyclic) bond motifs is 1. The molecule has 5 aromatic carbocycles. The minimum Gasteiger partial charge on any atom is -0.494 e. The number of anilines is 1. The molecule has 2 aliphatic rings. The molecule has 87 heavy (non-hydrogen) atoms. The minimum atomic E-state index is -0.480. The molecular formula is C68H75N3O14S2. The van der Waals surface area contributed by atoms with Gasteiger partial charge < -0.3 is 37.9 Å². The molecule has 0 spiro atoms. The summed E-state index contributed by atoms with van der Waals surface area (Å²) in [6.07, 6.45) is 14.3. The molecule has 0 aliphatic heterocycles. The first-order valence-corrected chi connectivity index (χ1v) is 31.7. The zero-order chi connectivity index (χ0) is 61.0. The van der Waals surface area contributed by atoms with E-state index in [1.807, 2.05) is 47.5 Å². The number of ether oxygens (including phenoxy) is 8. The van der Waals surface area contributed by atoms with E-state index in [4.69, 9.17) is 48.0 Å². The molecule has 2 fully saturated rings. The molecule has 0 radical (unpaired) electrons. The molecule has 19 heteroatoms. The number of esters is 6. The predicted molar refractivity (Wildman–Crippen MR) is 335 cm³/mol. The molecule has 1 heterocycles. The topological polar surface area (TPSA) is 205 Å². The summed E-state index contributed by atoms with van der Waals surface area (Å²) in [7, 11) is 0. The Labute approximate surface area is 516 Å². The number of carbonyl (C=O) groups is 6. The lowest BCUT2D eigenvalue weighted by Crippen LogP contribution is -2.30. The van der Waals surface area contributed by atoms with Crippen molar-refractivity contribution < 1.29 is 66.7 Å². The first kappa shape index (κ1) is 64.7. The Kier molecular flexibility index (Phi) is 25.8. The van der Waals surface area contributed by atoms with Crippen LogP contribution in [0, 0.1) is 23.7 Å². The second-order valence-electron chi connectivity index (χ2n) is 21.2. The summed E-state index contributed by atoms with van der Waals surface area (Å²) in [6.45, 7) is 9.07. The van der Waals surface area contributed by atoms with Gasteiger partial charge in [-0.15, -0.1) is 11.8 Å². The fourth-order valence-electron chi connectivity index (χ4n) is 9.94. The van der Waals surface area contributed by atoms with Crippen LogP contribution in [-0.4, -0.2) is 85.7 Å². The summed E-state index contributed by atoms with van der Waals surface area (Å²) in [4.78, 5) is 82.9. The first-order chi connectivity index (χ1) is 42.5. The maximum absolute atomic E-state index is 14.0. The highest BCUT2D eigenvalue weighted by Gasteiger charge is 2.34. The summed E-state index contributed by atoms with van der Waals surface area (Å²) < 4.78 is 46.4. The van der Waals surface area contributed by atoms with E-state index in [0.29, 0.717) is 124 Å². The van der Waals surface area contributed by atoms with Crippen LogP contribution in [0.2, 0.25) is 0 Å². The SMILES string of the molecule is C=CC(=O)OCCCCCCOc1ccc(OC(=O)[C@H]2CC[C@H](C(=O)Oc3ccc(OC(=O)[C@H]4CC[C@H](C(=O)Oc5ccc(OCCCCCCOC(=O)C=C)cc5)CC4)c(/C=N/N(CCSc4ccccc4)c4nc5ccccc5s4)c3)CC2)cc1. The van der Waals surface area contributed by atoms with Crippen LogP contribution in [0.15, 0.2) is 157 Å². The van der Waals surface area contributed by atoms with E-state index in [2.05, 4.69) is 25.3 Å². The molecule has 0 saturated heterocycles. The first-order valence-electron chi connectivity index (χ1n) is 29.9. The quantitative estimate of drug-likeness (QED) is 0.00714. The number of rotatable bonds is 33. The molecule has 0 unspecified atom stereocenters.